The average molecular weight is 459 g/mol. The minimum atomic E-state index is -3.41. The van der Waals surface area contributed by atoms with Crippen molar-refractivity contribution in [3.63, 3.8) is 0 Å². The Morgan fingerprint density at radius 2 is 1.74 bits per heavy atom. The summed E-state index contributed by atoms with van der Waals surface area (Å²) in [7, 11) is -0.358. The number of halogens is 1. The summed E-state index contributed by atoms with van der Waals surface area (Å²) in [6.07, 6.45) is 1.09. The van der Waals surface area contributed by atoms with Crippen molar-refractivity contribution in [1.29, 1.82) is 0 Å². The number of hydrogen-bond acceptors (Lipinski definition) is 7. The Morgan fingerprint density at radius 1 is 0.935 bits per heavy atom. The normalized spacial score (nSPS) is 11.5. The van der Waals surface area contributed by atoms with Crippen LogP contribution in [0, 0.1) is 0 Å². The van der Waals surface area contributed by atoms with E-state index in [1.54, 1.807) is 43.5 Å². The van der Waals surface area contributed by atoms with E-state index in [2.05, 4.69) is 20.0 Å². The molecule has 0 radical (unpaired) electrons. The van der Waals surface area contributed by atoms with Crippen LogP contribution in [0.2, 0.25) is 5.02 Å². The number of sulfonamides is 1. The van der Waals surface area contributed by atoms with E-state index in [-0.39, 0.29) is 0 Å². The predicted octanol–water partition coefficient (Wildman–Crippen LogP) is 4.57. The van der Waals surface area contributed by atoms with Crippen LogP contribution in [0.3, 0.4) is 0 Å². The lowest BCUT2D eigenvalue weighted by Crippen LogP contribution is -2.09. The highest BCUT2D eigenvalue weighted by molar-refractivity contribution is 7.92. The van der Waals surface area contributed by atoms with Gasteiger partial charge in [-0.3, -0.25) is 4.72 Å². The van der Waals surface area contributed by atoms with Crippen molar-refractivity contribution >= 4 is 60.6 Å². The first-order chi connectivity index (χ1) is 14.8. The largest absolute Gasteiger partial charge is 0.494 e. The third-order valence-electron chi connectivity index (χ3n) is 4.53. The fourth-order valence-electron chi connectivity index (χ4n) is 3.22. The zero-order chi connectivity index (χ0) is 22.2. The van der Waals surface area contributed by atoms with Crippen molar-refractivity contribution in [3.05, 3.63) is 53.6 Å². The van der Waals surface area contributed by atoms with Gasteiger partial charge in [0.1, 0.15) is 11.3 Å². The van der Waals surface area contributed by atoms with Gasteiger partial charge in [0.05, 0.1) is 48.6 Å². The lowest BCUT2D eigenvalue weighted by molar-refractivity contribution is 0.399. The summed E-state index contributed by atoms with van der Waals surface area (Å²) in [5, 5.41) is 4.74. The lowest BCUT2D eigenvalue weighted by Gasteiger charge is -2.16. The molecule has 0 aliphatic heterocycles. The number of anilines is 3. The van der Waals surface area contributed by atoms with Crippen molar-refractivity contribution in [2.75, 3.05) is 30.5 Å². The van der Waals surface area contributed by atoms with Gasteiger partial charge in [0.15, 0.2) is 0 Å². The molecule has 2 aromatic heterocycles. The third kappa shape index (κ3) is 4.42. The van der Waals surface area contributed by atoms with Crippen molar-refractivity contribution in [1.82, 2.24) is 9.97 Å². The number of benzene rings is 2. The van der Waals surface area contributed by atoms with Crippen LogP contribution in [-0.2, 0) is 10.0 Å². The molecule has 160 valence electrons. The van der Waals surface area contributed by atoms with Crippen LogP contribution < -0.4 is 19.5 Å². The molecule has 8 nitrogen and oxygen atoms in total. The first-order valence-corrected chi connectivity index (χ1v) is 11.4. The third-order valence-corrected chi connectivity index (χ3v) is 5.37. The standard InChI is InChI=1S/C21H19ClN4O4S/c1-29-18-11-13(26-31(3,27)28)5-7-15(18)24-20-14-6-4-12(22)10-17(14)23-16-8-9-19(30-2)25-21(16)20/h4-11,26H,1-3H3,(H,23,24). The van der Waals surface area contributed by atoms with Gasteiger partial charge in [0.2, 0.25) is 15.9 Å². The Labute approximate surface area is 184 Å². The quantitative estimate of drug-likeness (QED) is 0.408. The van der Waals surface area contributed by atoms with E-state index in [0.717, 1.165) is 11.6 Å². The highest BCUT2D eigenvalue weighted by Gasteiger charge is 2.15. The molecular formula is C21H19ClN4O4S. The number of hydrogen-bond donors (Lipinski definition) is 2. The van der Waals surface area contributed by atoms with E-state index in [1.165, 1.54) is 7.11 Å². The van der Waals surface area contributed by atoms with Gasteiger partial charge in [-0.05, 0) is 36.4 Å². The molecule has 0 bridgehead atoms. The van der Waals surface area contributed by atoms with Crippen LogP contribution in [0.15, 0.2) is 48.5 Å². The molecule has 0 spiro atoms. The molecule has 2 N–H and O–H groups in total. The molecule has 0 aliphatic rings. The second kappa shape index (κ2) is 8.09. The first kappa shape index (κ1) is 21.0. The molecule has 0 saturated carbocycles. The van der Waals surface area contributed by atoms with E-state index < -0.39 is 10.0 Å². The summed E-state index contributed by atoms with van der Waals surface area (Å²) in [6.45, 7) is 0. The van der Waals surface area contributed by atoms with Crippen LogP contribution in [0.4, 0.5) is 17.1 Å². The molecule has 4 rings (SSSR count). The van der Waals surface area contributed by atoms with Gasteiger partial charge in [-0.1, -0.05) is 11.6 Å². The molecule has 0 atom stereocenters. The fraction of sp³-hybridized carbons (Fsp3) is 0.143. The van der Waals surface area contributed by atoms with Crippen LogP contribution >= 0.6 is 11.6 Å². The molecule has 10 heteroatoms. The molecule has 0 saturated heterocycles. The lowest BCUT2D eigenvalue weighted by atomic mass is 10.1. The number of nitrogens with one attached hydrogen (secondary N) is 2. The molecule has 0 aliphatic carbocycles. The SMILES string of the molecule is COc1ccc2nc3cc(Cl)ccc3c(Nc3ccc(NS(C)(=O)=O)cc3OC)c2n1. The summed E-state index contributed by atoms with van der Waals surface area (Å²) in [5.74, 6) is 0.897. The maximum Gasteiger partial charge on any atom is 0.229 e. The highest BCUT2D eigenvalue weighted by Crippen LogP contribution is 2.37. The molecule has 0 unspecified atom stereocenters. The molecule has 2 aromatic carbocycles. The van der Waals surface area contributed by atoms with Crippen molar-refractivity contribution in [3.8, 4) is 11.6 Å². The van der Waals surface area contributed by atoms with Gasteiger partial charge in [-0.15, -0.1) is 0 Å². The van der Waals surface area contributed by atoms with Crippen LogP contribution in [0.25, 0.3) is 21.9 Å². The van der Waals surface area contributed by atoms with E-state index in [0.29, 0.717) is 50.3 Å². The number of aromatic nitrogens is 2. The summed E-state index contributed by atoms with van der Waals surface area (Å²) in [5.41, 5.74) is 3.67. The monoisotopic (exact) mass is 458 g/mol. The Balaban J connectivity index is 1.90. The second-order valence-corrected chi connectivity index (χ2v) is 8.97. The van der Waals surface area contributed by atoms with Crippen LogP contribution in [0.5, 0.6) is 11.6 Å². The maximum atomic E-state index is 11.6. The molecule has 0 amide bonds. The Bertz CT molecular complexity index is 1410. The van der Waals surface area contributed by atoms with E-state index in [4.69, 9.17) is 21.1 Å². The van der Waals surface area contributed by atoms with Gasteiger partial charge >= 0.3 is 0 Å². The van der Waals surface area contributed by atoms with Crippen molar-refractivity contribution in [2.45, 2.75) is 0 Å². The zero-order valence-corrected chi connectivity index (χ0v) is 18.5. The Kier molecular flexibility index (Phi) is 5.47. The minimum absolute atomic E-state index is 0.390. The van der Waals surface area contributed by atoms with Crippen LogP contribution in [0.1, 0.15) is 0 Å². The van der Waals surface area contributed by atoms with Crippen molar-refractivity contribution in [2.24, 2.45) is 0 Å². The number of fused-ring (bicyclic) bond motifs is 2. The number of methoxy groups -OCH3 is 2. The molecule has 4 aromatic rings. The van der Waals surface area contributed by atoms with Gasteiger partial charge in [-0.25, -0.2) is 18.4 Å². The van der Waals surface area contributed by atoms with E-state index in [9.17, 15) is 8.42 Å². The van der Waals surface area contributed by atoms with E-state index in [1.807, 2.05) is 12.1 Å². The predicted molar refractivity (Wildman–Crippen MR) is 123 cm³/mol. The topological polar surface area (TPSA) is 102 Å². The fourth-order valence-corrected chi connectivity index (χ4v) is 3.94. The minimum Gasteiger partial charge on any atom is -0.494 e. The van der Waals surface area contributed by atoms with Gasteiger partial charge in [-0.2, -0.15) is 0 Å². The Morgan fingerprint density at radius 3 is 2.45 bits per heavy atom. The van der Waals surface area contributed by atoms with Gasteiger partial charge < -0.3 is 14.8 Å². The number of nitrogens with zero attached hydrogens (tertiary/aromatic N) is 2. The average Bonchev–Trinajstić information content (AvgIpc) is 2.72. The molecule has 0 fully saturated rings. The first-order valence-electron chi connectivity index (χ1n) is 9.14. The summed E-state index contributed by atoms with van der Waals surface area (Å²) < 4.78 is 36.3. The number of pyridine rings is 2. The summed E-state index contributed by atoms with van der Waals surface area (Å²) >= 11 is 6.18. The second-order valence-electron chi connectivity index (χ2n) is 6.78. The van der Waals surface area contributed by atoms with Gasteiger partial charge in [0.25, 0.3) is 0 Å². The molecular weight excluding hydrogens is 440 g/mol. The smallest absolute Gasteiger partial charge is 0.229 e. The maximum absolute atomic E-state index is 11.6. The Hall–Kier alpha value is -3.30. The summed E-state index contributed by atoms with van der Waals surface area (Å²) in [6, 6.07) is 13.9. The summed E-state index contributed by atoms with van der Waals surface area (Å²) in [4.78, 5) is 9.23. The zero-order valence-electron chi connectivity index (χ0n) is 16.9. The molecule has 2 heterocycles. The van der Waals surface area contributed by atoms with Crippen molar-refractivity contribution < 1.29 is 17.9 Å². The van der Waals surface area contributed by atoms with E-state index >= 15 is 0 Å². The van der Waals surface area contributed by atoms with Gasteiger partial charge in [0, 0.05) is 22.5 Å². The highest BCUT2D eigenvalue weighted by atomic mass is 35.5. The van der Waals surface area contributed by atoms with Crippen LogP contribution in [-0.4, -0.2) is 38.9 Å². The molecule has 31 heavy (non-hydrogen) atoms. The number of rotatable bonds is 6. The number of ether oxygens (including phenoxy) is 2.